The summed E-state index contributed by atoms with van der Waals surface area (Å²) in [7, 11) is 0. The van der Waals surface area contributed by atoms with E-state index >= 15 is 0 Å². The summed E-state index contributed by atoms with van der Waals surface area (Å²) >= 11 is 5.77. The molecule has 2 aromatic heterocycles. The summed E-state index contributed by atoms with van der Waals surface area (Å²) in [5.74, 6) is 0. The van der Waals surface area contributed by atoms with Gasteiger partial charge >= 0.3 is 0 Å². The highest BCUT2D eigenvalue weighted by molar-refractivity contribution is 6.29. The highest BCUT2D eigenvalue weighted by Crippen LogP contribution is 2.13. The minimum absolute atomic E-state index is 0.0465. The fourth-order valence-electron chi connectivity index (χ4n) is 1.44. The molecule has 0 spiro atoms. The van der Waals surface area contributed by atoms with Crippen molar-refractivity contribution >= 4 is 22.6 Å². The number of nitrogens with zero attached hydrogens (tertiary/aromatic N) is 2. The van der Waals surface area contributed by atoms with Gasteiger partial charge < -0.3 is 0 Å². The van der Waals surface area contributed by atoms with Crippen LogP contribution in [0.25, 0.3) is 11.0 Å². The number of aryl methyl sites for hydroxylation is 1. The first-order valence-corrected chi connectivity index (χ1v) is 4.76. The van der Waals surface area contributed by atoms with E-state index in [1.165, 1.54) is 0 Å². The molecule has 0 aliphatic rings. The molecule has 2 aromatic rings. The number of hydrogen-bond acceptors (Lipinski definition) is 2. The van der Waals surface area contributed by atoms with Crippen LogP contribution in [0, 0.1) is 0 Å². The largest absolute Gasteiger partial charge is 0.293 e. The van der Waals surface area contributed by atoms with E-state index in [-0.39, 0.29) is 5.56 Å². The number of pyridine rings is 2. The molecule has 0 bridgehead atoms. The van der Waals surface area contributed by atoms with Gasteiger partial charge in [-0.3, -0.25) is 9.36 Å². The SMILES string of the molecule is CCn1c(=O)ccc2ccc(Cl)nc21. The number of halogens is 1. The minimum atomic E-state index is -0.0465. The van der Waals surface area contributed by atoms with Crippen LogP contribution in [0.2, 0.25) is 5.15 Å². The van der Waals surface area contributed by atoms with Gasteiger partial charge in [-0.1, -0.05) is 11.6 Å². The van der Waals surface area contributed by atoms with Crippen LogP contribution >= 0.6 is 11.6 Å². The van der Waals surface area contributed by atoms with E-state index in [4.69, 9.17) is 11.6 Å². The Morgan fingerprint density at radius 2 is 2.07 bits per heavy atom. The van der Waals surface area contributed by atoms with Crippen LogP contribution in [-0.4, -0.2) is 9.55 Å². The third-order valence-corrected chi connectivity index (χ3v) is 2.33. The van der Waals surface area contributed by atoms with Gasteiger partial charge in [0.2, 0.25) is 0 Å². The molecule has 0 aliphatic carbocycles. The highest BCUT2D eigenvalue weighted by Gasteiger charge is 2.02. The Balaban J connectivity index is 2.91. The van der Waals surface area contributed by atoms with Crippen molar-refractivity contribution in [3.05, 3.63) is 39.8 Å². The van der Waals surface area contributed by atoms with Gasteiger partial charge in [-0.25, -0.2) is 4.98 Å². The van der Waals surface area contributed by atoms with Crippen molar-refractivity contribution in [3.63, 3.8) is 0 Å². The lowest BCUT2D eigenvalue weighted by molar-refractivity contribution is 0.750. The Hall–Kier alpha value is -1.35. The summed E-state index contributed by atoms with van der Waals surface area (Å²) in [6.07, 6.45) is 0. The zero-order valence-corrected chi connectivity index (χ0v) is 8.45. The molecule has 2 heterocycles. The van der Waals surface area contributed by atoms with E-state index in [1.807, 2.05) is 13.0 Å². The van der Waals surface area contributed by atoms with Gasteiger partial charge in [0, 0.05) is 18.0 Å². The number of hydrogen-bond donors (Lipinski definition) is 0. The quantitative estimate of drug-likeness (QED) is 0.673. The van der Waals surface area contributed by atoms with Gasteiger partial charge in [0.05, 0.1) is 0 Å². The van der Waals surface area contributed by atoms with Crippen LogP contribution in [0.4, 0.5) is 0 Å². The predicted molar refractivity (Wildman–Crippen MR) is 56.7 cm³/mol. The Labute approximate surface area is 86.0 Å². The van der Waals surface area contributed by atoms with E-state index in [9.17, 15) is 4.79 Å². The number of rotatable bonds is 1. The molecule has 14 heavy (non-hydrogen) atoms. The van der Waals surface area contributed by atoms with Crippen LogP contribution in [-0.2, 0) is 6.54 Å². The van der Waals surface area contributed by atoms with E-state index in [0.29, 0.717) is 17.3 Å². The minimum Gasteiger partial charge on any atom is -0.293 e. The maximum atomic E-state index is 11.5. The molecule has 0 saturated heterocycles. The van der Waals surface area contributed by atoms with Crippen LogP contribution in [0.15, 0.2) is 29.1 Å². The zero-order chi connectivity index (χ0) is 10.1. The topological polar surface area (TPSA) is 34.9 Å². The zero-order valence-electron chi connectivity index (χ0n) is 7.70. The van der Waals surface area contributed by atoms with Crippen molar-refractivity contribution in [1.29, 1.82) is 0 Å². The molecule has 0 saturated carbocycles. The monoisotopic (exact) mass is 208 g/mol. The van der Waals surface area contributed by atoms with Crippen LogP contribution < -0.4 is 5.56 Å². The lowest BCUT2D eigenvalue weighted by Crippen LogP contribution is -2.18. The Kier molecular flexibility index (Phi) is 2.25. The molecule has 0 unspecified atom stereocenters. The Bertz CT molecular complexity index is 533. The summed E-state index contributed by atoms with van der Waals surface area (Å²) in [5, 5.41) is 1.33. The van der Waals surface area contributed by atoms with E-state index in [1.54, 1.807) is 22.8 Å². The third-order valence-electron chi connectivity index (χ3n) is 2.11. The second-order valence-corrected chi connectivity index (χ2v) is 3.35. The molecular formula is C10H9ClN2O. The summed E-state index contributed by atoms with van der Waals surface area (Å²) in [5.41, 5.74) is 0.599. The first-order chi connectivity index (χ1) is 6.72. The molecule has 0 amide bonds. The number of fused-ring (bicyclic) bond motifs is 1. The molecule has 0 N–H and O–H groups in total. The van der Waals surface area contributed by atoms with E-state index in [0.717, 1.165) is 5.39 Å². The van der Waals surface area contributed by atoms with Crippen molar-refractivity contribution in [2.75, 3.05) is 0 Å². The maximum absolute atomic E-state index is 11.5. The van der Waals surface area contributed by atoms with Gasteiger partial charge in [0.1, 0.15) is 10.8 Å². The summed E-state index contributed by atoms with van der Waals surface area (Å²) in [6.45, 7) is 2.51. The maximum Gasteiger partial charge on any atom is 0.252 e. The van der Waals surface area contributed by atoms with Gasteiger partial charge in [0.25, 0.3) is 5.56 Å². The molecule has 0 atom stereocenters. The molecule has 0 aliphatic heterocycles. The van der Waals surface area contributed by atoms with Gasteiger partial charge in [-0.05, 0) is 25.1 Å². The van der Waals surface area contributed by atoms with E-state index in [2.05, 4.69) is 4.98 Å². The Morgan fingerprint density at radius 1 is 1.36 bits per heavy atom. The fourth-order valence-corrected chi connectivity index (χ4v) is 1.59. The molecular weight excluding hydrogens is 200 g/mol. The van der Waals surface area contributed by atoms with Crippen molar-refractivity contribution in [3.8, 4) is 0 Å². The molecule has 0 fully saturated rings. The Morgan fingerprint density at radius 3 is 2.79 bits per heavy atom. The van der Waals surface area contributed by atoms with Gasteiger partial charge in [-0.15, -0.1) is 0 Å². The van der Waals surface area contributed by atoms with Crippen LogP contribution in [0.3, 0.4) is 0 Å². The van der Waals surface area contributed by atoms with Gasteiger partial charge in [-0.2, -0.15) is 0 Å². The van der Waals surface area contributed by atoms with Crippen LogP contribution in [0.5, 0.6) is 0 Å². The molecule has 0 aromatic carbocycles. The normalized spacial score (nSPS) is 10.7. The first-order valence-electron chi connectivity index (χ1n) is 4.38. The lowest BCUT2D eigenvalue weighted by Gasteiger charge is -2.05. The second kappa shape index (κ2) is 3.42. The highest BCUT2D eigenvalue weighted by atomic mass is 35.5. The average Bonchev–Trinajstić information content (AvgIpc) is 2.17. The molecule has 2 rings (SSSR count). The van der Waals surface area contributed by atoms with Crippen molar-refractivity contribution in [2.45, 2.75) is 13.5 Å². The predicted octanol–water partition coefficient (Wildman–Crippen LogP) is 2.07. The van der Waals surface area contributed by atoms with E-state index < -0.39 is 0 Å². The first kappa shape index (κ1) is 9.21. The second-order valence-electron chi connectivity index (χ2n) is 2.96. The summed E-state index contributed by atoms with van der Waals surface area (Å²) < 4.78 is 1.60. The fraction of sp³-hybridized carbons (Fsp3) is 0.200. The molecule has 4 heteroatoms. The standard InChI is InChI=1S/C10H9ClN2O/c1-2-13-9(14)6-4-7-3-5-8(11)12-10(7)13/h3-6H,2H2,1H3. The summed E-state index contributed by atoms with van der Waals surface area (Å²) in [6, 6.07) is 6.87. The van der Waals surface area contributed by atoms with Crippen molar-refractivity contribution in [2.24, 2.45) is 0 Å². The van der Waals surface area contributed by atoms with Crippen molar-refractivity contribution < 1.29 is 0 Å². The average molecular weight is 209 g/mol. The summed E-state index contributed by atoms with van der Waals surface area (Å²) in [4.78, 5) is 15.6. The number of aromatic nitrogens is 2. The van der Waals surface area contributed by atoms with Crippen LogP contribution in [0.1, 0.15) is 6.92 Å². The molecule has 0 radical (unpaired) electrons. The molecule has 3 nitrogen and oxygen atoms in total. The van der Waals surface area contributed by atoms with Gasteiger partial charge in [0.15, 0.2) is 0 Å². The van der Waals surface area contributed by atoms with Crippen molar-refractivity contribution in [1.82, 2.24) is 9.55 Å². The molecule has 72 valence electrons. The lowest BCUT2D eigenvalue weighted by atomic mass is 10.3. The third kappa shape index (κ3) is 1.40. The smallest absolute Gasteiger partial charge is 0.252 e.